The van der Waals surface area contributed by atoms with Crippen molar-refractivity contribution in [1.82, 2.24) is 5.32 Å². The number of methoxy groups -OCH3 is 1. The van der Waals surface area contributed by atoms with Crippen LogP contribution >= 0.6 is 11.6 Å². The Hall–Kier alpha value is -2.25. The maximum Gasteiger partial charge on any atom is 0.232 e. The van der Waals surface area contributed by atoms with Gasteiger partial charge < -0.3 is 10.1 Å². The number of amides is 1. The van der Waals surface area contributed by atoms with Gasteiger partial charge in [-0.05, 0) is 48.7 Å². The molecule has 0 fully saturated rings. The van der Waals surface area contributed by atoms with E-state index in [2.05, 4.69) is 5.32 Å². The first-order chi connectivity index (χ1) is 13.3. The van der Waals surface area contributed by atoms with Crippen LogP contribution in [0.3, 0.4) is 0 Å². The van der Waals surface area contributed by atoms with Gasteiger partial charge in [-0.2, -0.15) is 0 Å². The highest BCUT2D eigenvalue weighted by atomic mass is 35.5. The van der Waals surface area contributed by atoms with Gasteiger partial charge in [-0.15, -0.1) is 0 Å². The minimum atomic E-state index is -3.46. The summed E-state index contributed by atoms with van der Waals surface area (Å²) in [6, 6.07) is 14.3. The van der Waals surface area contributed by atoms with Gasteiger partial charge in [-0.3, -0.25) is 9.10 Å². The molecule has 28 heavy (non-hydrogen) atoms. The highest BCUT2D eigenvalue weighted by Gasteiger charge is 2.17. The second-order valence-electron chi connectivity index (χ2n) is 6.37. The summed E-state index contributed by atoms with van der Waals surface area (Å²) in [7, 11) is -1.84. The van der Waals surface area contributed by atoms with Crippen LogP contribution in [0.2, 0.25) is 5.02 Å². The van der Waals surface area contributed by atoms with Gasteiger partial charge in [0.15, 0.2) is 0 Å². The zero-order valence-electron chi connectivity index (χ0n) is 16.0. The number of nitrogens with one attached hydrogen (secondary N) is 1. The smallest absolute Gasteiger partial charge is 0.232 e. The molecule has 0 unspecified atom stereocenters. The monoisotopic (exact) mass is 424 g/mol. The van der Waals surface area contributed by atoms with E-state index < -0.39 is 10.0 Å². The highest BCUT2D eigenvalue weighted by Crippen LogP contribution is 2.22. The van der Waals surface area contributed by atoms with Gasteiger partial charge in [0.1, 0.15) is 5.75 Å². The van der Waals surface area contributed by atoms with Crippen LogP contribution < -0.4 is 14.4 Å². The summed E-state index contributed by atoms with van der Waals surface area (Å²) in [5.41, 5.74) is 1.60. The number of rotatable bonds is 10. The van der Waals surface area contributed by atoms with Crippen molar-refractivity contribution in [1.29, 1.82) is 0 Å². The Bertz CT molecular complexity index is 885. The molecule has 0 aromatic heterocycles. The number of nitrogens with zero attached hydrogens (tertiary/aromatic N) is 1. The van der Waals surface area contributed by atoms with E-state index in [0.717, 1.165) is 17.6 Å². The van der Waals surface area contributed by atoms with Crippen molar-refractivity contribution >= 4 is 33.2 Å². The van der Waals surface area contributed by atoms with Gasteiger partial charge in [-0.1, -0.05) is 29.8 Å². The molecular weight excluding hydrogens is 400 g/mol. The maximum absolute atomic E-state index is 12.1. The van der Waals surface area contributed by atoms with Crippen LogP contribution in [0.1, 0.15) is 18.4 Å². The lowest BCUT2D eigenvalue weighted by Crippen LogP contribution is -2.32. The van der Waals surface area contributed by atoms with E-state index >= 15 is 0 Å². The van der Waals surface area contributed by atoms with Crippen LogP contribution in [0.5, 0.6) is 5.75 Å². The molecule has 0 aliphatic rings. The number of carbonyl (C=O) groups is 1. The quantitative estimate of drug-likeness (QED) is 0.635. The predicted molar refractivity (Wildman–Crippen MR) is 113 cm³/mol. The number of halogens is 1. The highest BCUT2D eigenvalue weighted by molar-refractivity contribution is 7.92. The lowest BCUT2D eigenvalue weighted by Gasteiger charge is -2.22. The van der Waals surface area contributed by atoms with E-state index in [1.807, 2.05) is 24.3 Å². The number of benzene rings is 2. The van der Waals surface area contributed by atoms with Gasteiger partial charge in [0, 0.05) is 24.5 Å². The molecule has 8 heteroatoms. The molecule has 2 aromatic carbocycles. The normalized spacial score (nSPS) is 11.1. The van der Waals surface area contributed by atoms with E-state index in [1.54, 1.807) is 31.4 Å². The molecule has 0 bridgehead atoms. The largest absolute Gasteiger partial charge is 0.497 e. The van der Waals surface area contributed by atoms with Crippen LogP contribution in [-0.2, 0) is 21.2 Å². The molecule has 1 amide bonds. The van der Waals surface area contributed by atoms with E-state index in [4.69, 9.17) is 16.3 Å². The second kappa shape index (κ2) is 10.3. The number of hydrogen-bond donors (Lipinski definition) is 1. The van der Waals surface area contributed by atoms with Gasteiger partial charge >= 0.3 is 0 Å². The molecule has 2 aromatic rings. The Balaban J connectivity index is 1.79. The summed E-state index contributed by atoms with van der Waals surface area (Å²) < 4.78 is 30.5. The fourth-order valence-corrected chi connectivity index (χ4v) is 3.87. The first-order valence-corrected chi connectivity index (χ1v) is 11.1. The second-order valence-corrected chi connectivity index (χ2v) is 8.71. The molecule has 0 radical (unpaired) electrons. The van der Waals surface area contributed by atoms with Crippen LogP contribution in [-0.4, -0.2) is 40.8 Å². The zero-order chi connectivity index (χ0) is 20.6. The fraction of sp³-hybridized carbons (Fsp3) is 0.350. The average molecular weight is 425 g/mol. The summed E-state index contributed by atoms with van der Waals surface area (Å²) in [6.45, 7) is 0.736. The molecule has 6 nitrogen and oxygen atoms in total. The SMILES string of the molecule is COc1ccc(CCNC(=O)CCCN(c2cccc(Cl)c2)S(C)(=O)=O)cc1. The molecule has 0 saturated carbocycles. The molecule has 0 saturated heterocycles. The van der Waals surface area contributed by atoms with E-state index in [1.165, 1.54) is 4.31 Å². The summed E-state index contributed by atoms with van der Waals surface area (Å²) >= 11 is 5.96. The molecular formula is C20H25ClN2O4S. The van der Waals surface area contributed by atoms with Crippen molar-refractivity contribution in [3.63, 3.8) is 0 Å². The standard InChI is InChI=1S/C20H25ClN2O4S/c1-27-19-10-8-16(9-11-19)12-13-22-20(24)7-4-14-23(28(2,25)26)18-6-3-5-17(21)15-18/h3,5-6,8-11,15H,4,7,12-14H2,1-2H3,(H,22,24). The number of sulfonamides is 1. The third-order valence-corrected chi connectivity index (χ3v) is 5.59. The van der Waals surface area contributed by atoms with Gasteiger partial charge in [-0.25, -0.2) is 8.42 Å². The van der Waals surface area contributed by atoms with E-state index in [0.29, 0.717) is 30.1 Å². The maximum atomic E-state index is 12.1. The number of carbonyl (C=O) groups excluding carboxylic acids is 1. The topological polar surface area (TPSA) is 75.7 Å². The summed E-state index contributed by atoms with van der Waals surface area (Å²) in [6.07, 6.45) is 2.51. The summed E-state index contributed by atoms with van der Waals surface area (Å²) in [4.78, 5) is 12.0. The Morgan fingerprint density at radius 1 is 1.18 bits per heavy atom. The van der Waals surface area contributed by atoms with Crippen molar-refractivity contribution in [2.45, 2.75) is 19.3 Å². The molecule has 0 heterocycles. The molecule has 0 spiro atoms. The van der Waals surface area contributed by atoms with Crippen LogP contribution in [0.15, 0.2) is 48.5 Å². The third-order valence-electron chi connectivity index (χ3n) is 4.16. The van der Waals surface area contributed by atoms with Crippen molar-refractivity contribution in [2.24, 2.45) is 0 Å². The molecule has 0 atom stereocenters. The Morgan fingerprint density at radius 2 is 1.89 bits per heavy atom. The lowest BCUT2D eigenvalue weighted by molar-refractivity contribution is -0.121. The minimum absolute atomic E-state index is 0.104. The van der Waals surface area contributed by atoms with Crippen LogP contribution in [0.4, 0.5) is 5.69 Å². The van der Waals surface area contributed by atoms with Gasteiger partial charge in [0.25, 0.3) is 0 Å². The Labute approximate surface area is 171 Å². The number of ether oxygens (including phenoxy) is 1. The Kier molecular flexibility index (Phi) is 8.14. The van der Waals surface area contributed by atoms with Crippen molar-refractivity contribution < 1.29 is 17.9 Å². The molecule has 0 aliphatic carbocycles. The fourth-order valence-electron chi connectivity index (χ4n) is 2.73. The molecule has 1 N–H and O–H groups in total. The molecule has 0 aliphatic heterocycles. The van der Waals surface area contributed by atoms with Gasteiger partial charge in [0.2, 0.25) is 15.9 Å². The van der Waals surface area contributed by atoms with E-state index in [9.17, 15) is 13.2 Å². The predicted octanol–water partition coefficient (Wildman–Crippen LogP) is 3.25. The lowest BCUT2D eigenvalue weighted by atomic mass is 10.1. The number of hydrogen-bond acceptors (Lipinski definition) is 4. The summed E-state index contributed by atoms with van der Waals surface area (Å²) in [5.74, 6) is 0.691. The van der Waals surface area contributed by atoms with Gasteiger partial charge in [0.05, 0.1) is 19.1 Å². The third kappa shape index (κ3) is 7.05. The molecule has 2 rings (SSSR count). The van der Waals surface area contributed by atoms with Crippen molar-refractivity contribution in [3.8, 4) is 5.75 Å². The van der Waals surface area contributed by atoms with E-state index in [-0.39, 0.29) is 18.9 Å². The first kappa shape index (κ1) is 22.0. The molecule has 152 valence electrons. The first-order valence-electron chi connectivity index (χ1n) is 8.92. The average Bonchev–Trinajstić information content (AvgIpc) is 2.65. The number of anilines is 1. The van der Waals surface area contributed by atoms with Crippen molar-refractivity contribution in [3.05, 3.63) is 59.1 Å². The summed E-state index contributed by atoms with van der Waals surface area (Å²) in [5, 5.41) is 3.32. The Morgan fingerprint density at radius 3 is 2.50 bits per heavy atom. The minimum Gasteiger partial charge on any atom is -0.497 e. The van der Waals surface area contributed by atoms with Crippen LogP contribution in [0, 0.1) is 0 Å². The van der Waals surface area contributed by atoms with Crippen LogP contribution in [0.25, 0.3) is 0 Å². The van der Waals surface area contributed by atoms with Crippen molar-refractivity contribution in [2.75, 3.05) is 30.8 Å². The zero-order valence-corrected chi connectivity index (χ0v) is 17.6.